The third-order valence-corrected chi connectivity index (χ3v) is 6.92. The normalized spacial score (nSPS) is 12.1. The van der Waals surface area contributed by atoms with Crippen molar-refractivity contribution in [2.45, 2.75) is 59.0 Å². The van der Waals surface area contributed by atoms with Crippen molar-refractivity contribution in [1.82, 2.24) is 0 Å². The van der Waals surface area contributed by atoms with Crippen LogP contribution in [0.25, 0.3) is 17.0 Å². The number of furan rings is 1. The van der Waals surface area contributed by atoms with Crippen molar-refractivity contribution in [3.05, 3.63) is 64.4 Å². The molecule has 0 aliphatic heterocycles. The predicted molar refractivity (Wildman–Crippen MR) is 138 cm³/mol. The van der Waals surface area contributed by atoms with Crippen molar-refractivity contribution in [2.75, 3.05) is 5.75 Å². The highest BCUT2D eigenvalue weighted by Crippen LogP contribution is 2.32. The summed E-state index contributed by atoms with van der Waals surface area (Å²) in [5.41, 5.74) is 2.63. The van der Waals surface area contributed by atoms with E-state index < -0.39 is 11.6 Å². The predicted octanol–water partition coefficient (Wildman–Crippen LogP) is 7.24. The minimum Gasteiger partial charge on any atom is -0.478 e. The lowest BCUT2D eigenvalue weighted by Crippen LogP contribution is -2.38. The molecule has 0 spiro atoms. The topological polar surface area (TPSA) is 76.7 Å². The average Bonchev–Trinajstić information content (AvgIpc) is 3.09. The number of thioether (sulfide) groups is 1. The molecule has 0 aliphatic rings. The largest absolute Gasteiger partial charge is 0.478 e. The van der Waals surface area contributed by atoms with Crippen LogP contribution in [0.3, 0.4) is 0 Å². The van der Waals surface area contributed by atoms with Gasteiger partial charge < -0.3 is 14.3 Å². The second-order valence-corrected chi connectivity index (χ2v) is 10.6. The van der Waals surface area contributed by atoms with E-state index in [2.05, 4.69) is 19.9 Å². The van der Waals surface area contributed by atoms with Crippen LogP contribution in [-0.4, -0.2) is 28.2 Å². The van der Waals surface area contributed by atoms with Crippen LogP contribution in [0.15, 0.2) is 45.7 Å². The number of aliphatic carboxylic acids is 1. The van der Waals surface area contributed by atoms with Gasteiger partial charge in [0.05, 0.1) is 0 Å². The molecular weight excluding hydrogens is 448 g/mol. The maximum Gasteiger partial charge on any atom is 0.347 e. The Morgan fingerprint density at radius 2 is 1.76 bits per heavy atom. The van der Waals surface area contributed by atoms with Crippen LogP contribution >= 0.6 is 11.8 Å². The summed E-state index contributed by atoms with van der Waals surface area (Å²) in [5, 5.41) is 10.3. The minimum atomic E-state index is -1.34. The Balaban J connectivity index is 1.82. The summed E-state index contributed by atoms with van der Waals surface area (Å²) in [6.45, 7) is 13.0. The van der Waals surface area contributed by atoms with Gasteiger partial charge in [0, 0.05) is 21.6 Å². The van der Waals surface area contributed by atoms with E-state index in [-0.39, 0.29) is 5.78 Å². The molecule has 34 heavy (non-hydrogen) atoms. The number of carbonyl (C=O) groups is 2. The molecule has 0 aliphatic carbocycles. The van der Waals surface area contributed by atoms with Gasteiger partial charge >= 0.3 is 5.97 Å². The standard InChI is InChI=1S/C28H32O5S/c1-16(2)15-34-21-9-10-22-19(5)26(32-24(22)14-21)23(29)11-8-20-12-17(3)25(18(4)13-20)33-28(6,7)27(30)31/h8-14,16H,15H2,1-7H3,(H,30,31). The van der Waals surface area contributed by atoms with Crippen molar-refractivity contribution in [1.29, 1.82) is 0 Å². The van der Waals surface area contributed by atoms with Crippen molar-refractivity contribution < 1.29 is 23.8 Å². The molecule has 5 nitrogen and oxygen atoms in total. The van der Waals surface area contributed by atoms with Gasteiger partial charge in [0.1, 0.15) is 11.3 Å². The average molecular weight is 481 g/mol. The monoisotopic (exact) mass is 480 g/mol. The molecule has 0 saturated heterocycles. The Labute approximate surface area is 205 Å². The summed E-state index contributed by atoms with van der Waals surface area (Å²) in [7, 11) is 0. The highest BCUT2D eigenvalue weighted by Gasteiger charge is 2.30. The molecule has 0 amide bonds. The number of rotatable bonds is 9. The molecule has 0 fully saturated rings. The molecule has 180 valence electrons. The number of carbonyl (C=O) groups excluding carboxylic acids is 1. The lowest BCUT2D eigenvalue weighted by Gasteiger charge is -2.24. The van der Waals surface area contributed by atoms with Crippen LogP contribution in [0.1, 0.15) is 60.5 Å². The maximum absolute atomic E-state index is 12.9. The van der Waals surface area contributed by atoms with E-state index in [4.69, 9.17) is 9.15 Å². The fraction of sp³-hybridized carbons (Fsp3) is 0.357. The first-order chi connectivity index (χ1) is 15.9. The van der Waals surface area contributed by atoms with Gasteiger partial charge in [-0.3, -0.25) is 4.79 Å². The fourth-order valence-electron chi connectivity index (χ4n) is 3.58. The zero-order valence-electron chi connectivity index (χ0n) is 20.8. The number of aryl methyl sites for hydroxylation is 3. The highest BCUT2D eigenvalue weighted by molar-refractivity contribution is 7.99. The molecular formula is C28H32O5S. The van der Waals surface area contributed by atoms with Crippen molar-refractivity contribution in [2.24, 2.45) is 5.92 Å². The van der Waals surface area contributed by atoms with E-state index in [1.54, 1.807) is 17.8 Å². The summed E-state index contributed by atoms with van der Waals surface area (Å²) in [6, 6.07) is 9.83. The quantitative estimate of drug-likeness (QED) is 0.198. The van der Waals surface area contributed by atoms with Gasteiger partial charge in [0.15, 0.2) is 11.4 Å². The summed E-state index contributed by atoms with van der Waals surface area (Å²) in [5.74, 6) is 1.26. The van der Waals surface area contributed by atoms with E-state index in [1.165, 1.54) is 19.9 Å². The summed E-state index contributed by atoms with van der Waals surface area (Å²) in [4.78, 5) is 25.5. The SMILES string of the molecule is Cc1cc(C=CC(=O)c2oc3cc(SCC(C)C)ccc3c2C)cc(C)c1OC(C)(C)C(=O)O. The summed E-state index contributed by atoms with van der Waals surface area (Å²) < 4.78 is 11.7. The molecule has 0 bridgehead atoms. The minimum absolute atomic E-state index is 0.201. The van der Waals surface area contributed by atoms with E-state index in [9.17, 15) is 14.7 Å². The fourth-order valence-corrected chi connectivity index (χ4v) is 4.46. The molecule has 3 rings (SSSR count). The molecule has 2 aromatic carbocycles. The molecule has 1 heterocycles. The molecule has 0 unspecified atom stereocenters. The number of ether oxygens (including phenoxy) is 1. The van der Waals surface area contributed by atoms with Gasteiger partial charge in [-0.25, -0.2) is 4.79 Å². The van der Waals surface area contributed by atoms with Gasteiger partial charge in [-0.2, -0.15) is 0 Å². The zero-order valence-corrected chi connectivity index (χ0v) is 21.6. The molecule has 1 aromatic heterocycles. The summed E-state index contributed by atoms with van der Waals surface area (Å²) in [6.07, 6.45) is 3.25. The van der Waals surface area contributed by atoms with Crippen LogP contribution in [0.4, 0.5) is 0 Å². The van der Waals surface area contributed by atoms with Gasteiger partial charge in [-0.1, -0.05) is 19.9 Å². The summed E-state index contributed by atoms with van der Waals surface area (Å²) >= 11 is 1.78. The molecule has 0 radical (unpaired) electrons. The number of carboxylic acids is 1. The Morgan fingerprint density at radius 3 is 2.35 bits per heavy atom. The first-order valence-electron chi connectivity index (χ1n) is 11.3. The van der Waals surface area contributed by atoms with E-state index >= 15 is 0 Å². The zero-order chi connectivity index (χ0) is 25.2. The molecule has 0 atom stereocenters. The Morgan fingerprint density at radius 1 is 1.12 bits per heavy atom. The lowest BCUT2D eigenvalue weighted by molar-refractivity contribution is -0.152. The van der Waals surface area contributed by atoms with E-state index in [1.807, 2.05) is 45.0 Å². The second-order valence-electron chi connectivity index (χ2n) is 9.52. The van der Waals surface area contributed by atoms with Gasteiger partial charge in [0.25, 0.3) is 0 Å². The van der Waals surface area contributed by atoms with Crippen LogP contribution in [0.2, 0.25) is 0 Å². The molecule has 0 saturated carbocycles. The number of allylic oxidation sites excluding steroid dienone is 1. The first-order valence-corrected chi connectivity index (χ1v) is 12.3. The number of fused-ring (bicyclic) bond motifs is 1. The highest BCUT2D eigenvalue weighted by atomic mass is 32.2. The number of hydrogen-bond donors (Lipinski definition) is 1. The Kier molecular flexibility index (Phi) is 7.61. The second kappa shape index (κ2) is 10.1. The van der Waals surface area contributed by atoms with Crippen LogP contribution < -0.4 is 4.74 Å². The smallest absolute Gasteiger partial charge is 0.347 e. The number of carboxylic acid groups (broad SMARTS) is 1. The van der Waals surface area contributed by atoms with E-state index in [0.29, 0.717) is 17.4 Å². The Bertz CT molecular complexity index is 1240. The van der Waals surface area contributed by atoms with Crippen LogP contribution in [0, 0.1) is 26.7 Å². The van der Waals surface area contributed by atoms with Gasteiger partial charge in [0.2, 0.25) is 5.78 Å². The third kappa shape index (κ3) is 5.73. The van der Waals surface area contributed by atoms with Crippen molar-refractivity contribution >= 4 is 40.6 Å². The molecule has 6 heteroatoms. The first kappa shape index (κ1) is 25.6. The Hall–Kier alpha value is -2.99. The van der Waals surface area contributed by atoms with E-state index in [0.717, 1.165) is 43.9 Å². The third-order valence-electron chi connectivity index (χ3n) is 5.50. The molecule has 3 aromatic rings. The maximum atomic E-state index is 12.9. The van der Waals surface area contributed by atoms with Crippen LogP contribution in [-0.2, 0) is 4.79 Å². The number of hydrogen-bond acceptors (Lipinski definition) is 5. The van der Waals surface area contributed by atoms with Gasteiger partial charge in [-0.05, 0) is 93.6 Å². The molecule has 1 N–H and O–H groups in total. The number of ketones is 1. The van der Waals surface area contributed by atoms with Crippen molar-refractivity contribution in [3.8, 4) is 5.75 Å². The van der Waals surface area contributed by atoms with Gasteiger partial charge in [-0.15, -0.1) is 11.8 Å². The lowest BCUT2D eigenvalue weighted by atomic mass is 10.0. The number of benzene rings is 2. The van der Waals surface area contributed by atoms with Crippen LogP contribution in [0.5, 0.6) is 5.75 Å². The van der Waals surface area contributed by atoms with Crippen molar-refractivity contribution in [3.63, 3.8) is 0 Å².